The third-order valence-corrected chi connectivity index (χ3v) is 2.23. The molecule has 1 aliphatic carbocycles. The van der Waals surface area contributed by atoms with E-state index in [-0.39, 0.29) is 0 Å². The summed E-state index contributed by atoms with van der Waals surface area (Å²) in [5.41, 5.74) is 5.29. The zero-order valence-electron chi connectivity index (χ0n) is 8.84. The van der Waals surface area contributed by atoms with Crippen molar-refractivity contribution in [1.29, 1.82) is 0 Å². The first-order chi connectivity index (χ1) is 6.93. The molecule has 0 aromatic heterocycles. The van der Waals surface area contributed by atoms with Crippen molar-refractivity contribution in [2.45, 2.75) is 32.1 Å². The molecular weight excluding hydrogens is 178 g/mol. The molecule has 3 nitrogen and oxygen atoms in total. The van der Waals surface area contributed by atoms with Gasteiger partial charge in [-0.05, 0) is 25.3 Å². The molecule has 0 atom stereocenters. The van der Waals surface area contributed by atoms with Crippen LogP contribution in [0.4, 0.5) is 0 Å². The van der Waals surface area contributed by atoms with Crippen molar-refractivity contribution in [3.05, 3.63) is 11.8 Å². The van der Waals surface area contributed by atoms with Gasteiger partial charge in [-0.15, -0.1) is 0 Å². The van der Waals surface area contributed by atoms with E-state index >= 15 is 0 Å². The molecular formula is C11H21NO2. The molecule has 0 heterocycles. The van der Waals surface area contributed by atoms with Crippen molar-refractivity contribution in [1.82, 2.24) is 0 Å². The van der Waals surface area contributed by atoms with Crippen molar-refractivity contribution in [2.24, 2.45) is 5.73 Å². The first kappa shape index (κ1) is 11.5. The van der Waals surface area contributed by atoms with Gasteiger partial charge in [-0.25, -0.2) is 0 Å². The maximum absolute atomic E-state index is 5.61. The maximum atomic E-state index is 5.61. The Hall–Kier alpha value is -0.540. The molecule has 0 aromatic rings. The van der Waals surface area contributed by atoms with Crippen LogP contribution in [0.1, 0.15) is 32.1 Å². The van der Waals surface area contributed by atoms with Gasteiger partial charge in [0, 0.05) is 26.0 Å². The highest BCUT2D eigenvalue weighted by Crippen LogP contribution is 2.17. The largest absolute Gasteiger partial charge is 0.498 e. The highest BCUT2D eigenvalue weighted by atomic mass is 16.5. The Balaban J connectivity index is 1.90. The first-order valence-electron chi connectivity index (χ1n) is 5.53. The summed E-state index contributed by atoms with van der Waals surface area (Å²) in [6, 6.07) is 0. The van der Waals surface area contributed by atoms with E-state index in [0.29, 0.717) is 13.2 Å². The predicted octanol–water partition coefficient (Wildman–Crippen LogP) is 1.83. The van der Waals surface area contributed by atoms with E-state index < -0.39 is 0 Å². The lowest BCUT2D eigenvalue weighted by atomic mass is 10.1. The molecule has 0 aromatic carbocycles. The number of allylic oxidation sites excluding steroid dienone is 2. The van der Waals surface area contributed by atoms with E-state index in [1.165, 1.54) is 25.0 Å². The first-order valence-corrected chi connectivity index (χ1v) is 5.53. The van der Waals surface area contributed by atoms with Gasteiger partial charge in [0.1, 0.15) is 0 Å². The van der Waals surface area contributed by atoms with Crippen molar-refractivity contribution in [3.63, 3.8) is 0 Å². The van der Waals surface area contributed by atoms with E-state index in [1.807, 2.05) is 0 Å². The lowest BCUT2D eigenvalue weighted by Crippen LogP contribution is -2.10. The zero-order valence-corrected chi connectivity index (χ0v) is 8.84. The van der Waals surface area contributed by atoms with Crippen LogP contribution in [-0.2, 0) is 9.47 Å². The second-order valence-electron chi connectivity index (χ2n) is 3.52. The smallest absolute Gasteiger partial charge is 0.0919 e. The summed E-state index contributed by atoms with van der Waals surface area (Å²) in [7, 11) is 0. The fraction of sp³-hybridized carbons (Fsp3) is 0.818. The molecule has 0 saturated heterocycles. The third-order valence-electron chi connectivity index (χ3n) is 2.23. The van der Waals surface area contributed by atoms with E-state index in [9.17, 15) is 0 Å². The molecule has 3 heteroatoms. The predicted molar refractivity (Wildman–Crippen MR) is 57.0 cm³/mol. The molecule has 2 N–H and O–H groups in total. The lowest BCUT2D eigenvalue weighted by Gasteiger charge is -2.14. The number of hydrogen-bond donors (Lipinski definition) is 1. The van der Waals surface area contributed by atoms with Crippen molar-refractivity contribution < 1.29 is 9.47 Å². The monoisotopic (exact) mass is 199 g/mol. The van der Waals surface area contributed by atoms with E-state index in [4.69, 9.17) is 15.2 Å². The van der Waals surface area contributed by atoms with Crippen LogP contribution in [0, 0.1) is 0 Å². The highest BCUT2D eigenvalue weighted by molar-refractivity contribution is 4.96. The average Bonchev–Trinajstić information content (AvgIpc) is 2.25. The quantitative estimate of drug-likeness (QED) is 0.636. The summed E-state index contributed by atoms with van der Waals surface area (Å²) in [5.74, 6) is 1.18. The summed E-state index contributed by atoms with van der Waals surface area (Å²) in [6.07, 6.45) is 8.05. The standard InChI is InChI=1S/C11H21NO2/c12-7-10-13-8-4-9-14-11-5-2-1-3-6-11/h5H,1-4,6-10,12H2. The van der Waals surface area contributed by atoms with Crippen LogP contribution >= 0.6 is 0 Å². The molecule has 0 aliphatic heterocycles. The van der Waals surface area contributed by atoms with Crippen LogP contribution in [0.15, 0.2) is 11.8 Å². The number of rotatable bonds is 7. The molecule has 0 fully saturated rings. The topological polar surface area (TPSA) is 44.5 Å². The van der Waals surface area contributed by atoms with Crippen LogP contribution in [0.25, 0.3) is 0 Å². The minimum Gasteiger partial charge on any atom is -0.498 e. The van der Waals surface area contributed by atoms with Crippen molar-refractivity contribution in [3.8, 4) is 0 Å². The molecule has 1 aliphatic rings. The SMILES string of the molecule is NCCOCCCOC1=CCCCC1. The maximum Gasteiger partial charge on any atom is 0.0919 e. The second-order valence-corrected chi connectivity index (χ2v) is 3.52. The Morgan fingerprint density at radius 3 is 2.86 bits per heavy atom. The summed E-state index contributed by atoms with van der Waals surface area (Å²) in [6.45, 7) is 2.79. The summed E-state index contributed by atoms with van der Waals surface area (Å²) in [5, 5.41) is 0. The molecule has 0 radical (unpaired) electrons. The molecule has 14 heavy (non-hydrogen) atoms. The Labute approximate surface area is 86.3 Å². The fourth-order valence-corrected chi connectivity index (χ4v) is 1.49. The molecule has 0 saturated carbocycles. The van der Waals surface area contributed by atoms with Gasteiger partial charge in [-0.3, -0.25) is 0 Å². The van der Waals surface area contributed by atoms with Crippen LogP contribution < -0.4 is 5.73 Å². The summed E-state index contributed by atoms with van der Waals surface area (Å²) < 4.78 is 10.9. The van der Waals surface area contributed by atoms with E-state index in [0.717, 1.165) is 26.1 Å². The summed E-state index contributed by atoms with van der Waals surface area (Å²) in [4.78, 5) is 0. The lowest BCUT2D eigenvalue weighted by molar-refractivity contribution is 0.108. The van der Waals surface area contributed by atoms with Gasteiger partial charge in [0.15, 0.2) is 0 Å². The van der Waals surface area contributed by atoms with Gasteiger partial charge in [0.05, 0.1) is 19.0 Å². The Morgan fingerprint density at radius 1 is 1.21 bits per heavy atom. The Kier molecular flexibility index (Phi) is 6.45. The zero-order chi connectivity index (χ0) is 10.1. The Bertz CT molecular complexity index is 169. The van der Waals surface area contributed by atoms with Gasteiger partial charge < -0.3 is 15.2 Å². The molecule has 0 bridgehead atoms. The number of nitrogens with two attached hydrogens (primary N) is 1. The summed E-state index contributed by atoms with van der Waals surface area (Å²) >= 11 is 0. The van der Waals surface area contributed by atoms with Gasteiger partial charge in [0.25, 0.3) is 0 Å². The van der Waals surface area contributed by atoms with Crippen LogP contribution in [0.2, 0.25) is 0 Å². The number of ether oxygens (including phenoxy) is 2. The molecule has 0 unspecified atom stereocenters. The van der Waals surface area contributed by atoms with Crippen LogP contribution in [-0.4, -0.2) is 26.4 Å². The van der Waals surface area contributed by atoms with Gasteiger partial charge >= 0.3 is 0 Å². The normalized spacial score (nSPS) is 16.5. The van der Waals surface area contributed by atoms with Gasteiger partial charge in [-0.2, -0.15) is 0 Å². The Morgan fingerprint density at radius 2 is 2.14 bits per heavy atom. The van der Waals surface area contributed by atoms with Gasteiger partial charge in [-0.1, -0.05) is 0 Å². The third kappa shape index (κ3) is 5.25. The minimum atomic E-state index is 0.603. The molecule has 0 amide bonds. The molecule has 1 rings (SSSR count). The van der Waals surface area contributed by atoms with Gasteiger partial charge in [0.2, 0.25) is 0 Å². The van der Waals surface area contributed by atoms with Crippen molar-refractivity contribution in [2.75, 3.05) is 26.4 Å². The van der Waals surface area contributed by atoms with E-state index in [2.05, 4.69) is 6.08 Å². The fourth-order valence-electron chi connectivity index (χ4n) is 1.49. The molecule has 82 valence electrons. The highest BCUT2D eigenvalue weighted by Gasteiger charge is 2.03. The second kappa shape index (κ2) is 7.83. The van der Waals surface area contributed by atoms with E-state index in [1.54, 1.807) is 0 Å². The molecule has 0 spiro atoms. The van der Waals surface area contributed by atoms with Crippen LogP contribution in [0.5, 0.6) is 0 Å². The minimum absolute atomic E-state index is 0.603. The average molecular weight is 199 g/mol. The number of hydrogen-bond acceptors (Lipinski definition) is 3. The van der Waals surface area contributed by atoms with Crippen molar-refractivity contribution >= 4 is 0 Å². The van der Waals surface area contributed by atoms with Crippen LogP contribution in [0.3, 0.4) is 0 Å².